The molecule has 0 spiro atoms. The van der Waals surface area contributed by atoms with Gasteiger partial charge in [-0.2, -0.15) is 0 Å². The lowest BCUT2D eigenvalue weighted by Crippen LogP contribution is -2.39. The van der Waals surface area contributed by atoms with Crippen molar-refractivity contribution in [3.63, 3.8) is 0 Å². The molecule has 1 heterocycles. The van der Waals surface area contributed by atoms with Crippen LogP contribution in [-0.2, 0) is 13.6 Å². The molecule has 28 heavy (non-hydrogen) atoms. The van der Waals surface area contributed by atoms with Crippen molar-refractivity contribution in [2.45, 2.75) is 6.54 Å². The molecule has 0 fully saturated rings. The van der Waals surface area contributed by atoms with Crippen LogP contribution in [0, 0.1) is 0 Å². The summed E-state index contributed by atoms with van der Waals surface area (Å²) in [4.78, 5) is 25.4. The first kappa shape index (κ1) is 17.7. The van der Waals surface area contributed by atoms with Crippen LogP contribution in [-0.4, -0.2) is 9.13 Å². The van der Waals surface area contributed by atoms with E-state index in [1.54, 1.807) is 7.05 Å². The summed E-state index contributed by atoms with van der Waals surface area (Å²) in [6, 6.07) is 29.0. The van der Waals surface area contributed by atoms with Crippen molar-refractivity contribution in [2.24, 2.45) is 7.05 Å². The van der Waals surface area contributed by atoms with Gasteiger partial charge in [-0.25, -0.2) is 4.79 Å². The Morgan fingerprint density at radius 2 is 1.21 bits per heavy atom. The maximum absolute atomic E-state index is 12.8. The smallest absolute Gasteiger partial charge is 0.296 e. The van der Waals surface area contributed by atoms with Gasteiger partial charge in [0.2, 0.25) is 0 Å². The molecule has 4 nitrogen and oxygen atoms in total. The summed E-state index contributed by atoms with van der Waals surface area (Å²) in [5.41, 5.74) is 3.96. The van der Waals surface area contributed by atoms with Crippen molar-refractivity contribution in [2.75, 3.05) is 0 Å². The van der Waals surface area contributed by atoms with E-state index in [0.717, 1.165) is 22.3 Å². The summed E-state index contributed by atoms with van der Waals surface area (Å²) < 4.78 is 2.79. The number of hydrogen-bond acceptors (Lipinski definition) is 2. The number of rotatable bonds is 4. The van der Waals surface area contributed by atoms with Gasteiger partial charge in [0.1, 0.15) is 0 Å². The van der Waals surface area contributed by atoms with Crippen LogP contribution in [0.5, 0.6) is 0 Å². The van der Waals surface area contributed by atoms with Crippen LogP contribution in [0.25, 0.3) is 22.4 Å². The fourth-order valence-electron chi connectivity index (χ4n) is 3.32. The van der Waals surface area contributed by atoms with Gasteiger partial charge in [0.15, 0.2) is 0 Å². The Bertz CT molecular complexity index is 1210. The van der Waals surface area contributed by atoms with Gasteiger partial charge in [-0.1, -0.05) is 84.9 Å². The van der Waals surface area contributed by atoms with Crippen molar-refractivity contribution in [1.29, 1.82) is 0 Å². The number of nitrogens with zero attached hydrogens (tertiary/aromatic N) is 2. The monoisotopic (exact) mass is 368 g/mol. The van der Waals surface area contributed by atoms with Gasteiger partial charge in [-0.05, 0) is 22.3 Å². The van der Waals surface area contributed by atoms with E-state index in [2.05, 4.69) is 12.1 Å². The maximum Gasteiger partial charge on any atom is 0.331 e. The van der Waals surface area contributed by atoms with Crippen LogP contribution in [0.3, 0.4) is 0 Å². The zero-order valence-corrected chi connectivity index (χ0v) is 15.6. The summed E-state index contributed by atoms with van der Waals surface area (Å²) in [6.45, 7) is 0.263. The molecule has 0 radical (unpaired) electrons. The van der Waals surface area contributed by atoms with Crippen LogP contribution in [0.2, 0.25) is 0 Å². The minimum Gasteiger partial charge on any atom is -0.296 e. The average molecular weight is 368 g/mol. The summed E-state index contributed by atoms with van der Waals surface area (Å²) in [5.74, 6) is 0. The third kappa shape index (κ3) is 3.45. The van der Waals surface area contributed by atoms with E-state index in [-0.39, 0.29) is 17.8 Å². The second-order valence-corrected chi connectivity index (χ2v) is 6.72. The molecule has 0 aliphatic rings. The van der Waals surface area contributed by atoms with E-state index in [9.17, 15) is 9.59 Å². The molecule has 0 amide bonds. The molecule has 0 saturated heterocycles. The zero-order valence-electron chi connectivity index (χ0n) is 15.6. The molecule has 0 N–H and O–H groups in total. The summed E-state index contributed by atoms with van der Waals surface area (Å²) in [7, 11) is 1.70. The minimum absolute atomic E-state index is 0.263. The predicted molar refractivity (Wildman–Crippen MR) is 112 cm³/mol. The largest absolute Gasteiger partial charge is 0.331 e. The lowest BCUT2D eigenvalue weighted by molar-refractivity contribution is 0.644. The second kappa shape index (κ2) is 7.53. The fraction of sp³-hybridized carbons (Fsp3) is 0.0833. The highest BCUT2D eigenvalue weighted by molar-refractivity contribution is 5.68. The first-order valence-electron chi connectivity index (χ1n) is 9.14. The molecule has 138 valence electrons. The molecule has 4 heteroatoms. The normalized spacial score (nSPS) is 10.8. The topological polar surface area (TPSA) is 44.0 Å². The highest BCUT2D eigenvalue weighted by atomic mass is 16.2. The molecule has 0 saturated carbocycles. The van der Waals surface area contributed by atoms with Gasteiger partial charge in [0.25, 0.3) is 5.56 Å². The quantitative estimate of drug-likeness (QED) is 0.548. The van der Waals surface area contributed by atoms with Crippen LogP contribution in [0.15, 0.2) is 101 Å². The maximum atomic E-state index is 12.8. The number of hydrogen-bond donors (Lipinski definition) is 0. The van der Waals surface area contributed by atoms with Crippen LogP contribution >= 0.6 is 0 Å². The molecule has 0 aliphatic carbocycles. The molecule has 1 aromatic heterocycles. The molecule has 0 unspecified atom stereocenters. The first-order valence-corrected chi connectivity index (χ1v) is 9.14. The Morgan fingerprint density at radius 3 is 1.86 bits per heavy atom. The SMILES string of the molecule is Cn1c(-c2ccc(-c3ccccc3)cc2)cc(=O)n(Cc2ccccc2)c1=O. The van der Waals surface area contributed by atoms with Crippen molar-refractivity contribution in [3.8, 4) is 22.4 Å². The van der Waals surface area contributed by atoms with E-state index >= 15 is 0 Å². The van der Waals surface area contributed by atoms with Crippen LogP contribution < -0.4 is 11.2 Å². The predicted octanol–water partition coefficient (Wildman–Crippen LogP) is 3.93. The molecule has 3 aromatic carbocycles. The first-order chi connectivity index (χ1) is 13.6. The fourth-order valence-corrected chi connectivity index (χ4v) is 3.32. The van der Waals surface area contributed by atoms with Gasteiger partial charge in [0, 0.05) is 13.1 Å². The molecule has 0 aliphatic heterocycles. The summed E-state index contributed by atoms with van der Waals surface area (Å²) >= 11 is 0. The van der Waals surface area contributed by atoms with E-state index in [1.807, 2.05) is 72.8 Å². The van der Waals surface area contributed by atoms with Gasteiger partial charge in [0.05, 0.1) is 12.2 Å². The Balaban J connectivity index is 1.71. The van der Waals surface area contributed by atoms with Crippen molar-refractivity contribution in [3.05, 3.63) is 117 Å². The van der Waals surface area contributed by atoms with Gasteiger partial charge in [-0.3, -0.25) is 13.9 Å². The third-order valence-electron chi connectivity index (χ3n) is 4.88. The Hall–Kier alpha value is -3.66. The van der Waals surface area contributed by atoms with Crippen LogP contribution in [0.4, 0.5) is 0 Å². The van der Waals surface area contributed by atoms with Gasteiger partial charge < -0.3 is 0 Å². The molecule has 0 atom stereocenters. The third-order valence-corrected chi connectivity index (χ3v) is 4.88. The van der Waals surface area contributed by atoms with E-state index in [4.69, 9.17) is 0 Å². The lowest BCUT2D eigenvalue weighted by Gasteiger charge is -2.12. The number of aromatic nitrogens is 2. The van der Waals surface area contributed by atoms with Crippen LogP contribution in [0.1, 0.15) is 5.56 Å². The summed E-state index contributed by atoms with van der Waals surface area (Å²) in [5, 5.41) is 0. The molecular weight excluding hydrogens is 348 g/mol. The highest BCUT2D eigenvalue weighted by Gasteiger charge is 2.11. The lowest BCUT2D eigenvalue weighted by atomic mass is 10.0. The van der Waals surface area contributed by atoms with Crippen molar-refractivity contribution in [1.82, 2.24) is 9.13 Å². The standard InChI is InChI=1S/C24H20N2O2/c1-25-22(21-14-12-20(13-15-21)19-10-6-3-7-11-19)16-23(27)26(24(25)28)17-18-8-4-2-5-9-18/h2-16H,17H2,1H3. The van der Waals surface area contributed by atoms with E-state index in [1.165, 1.54) is 15.2 Å². The molecule has 4 aromatic rings. The Labute approximate surface area is 163 Å². The minimum atomic E-state index is -0.321. The molecular formula is C24H20N2O2. The van der Waals surface area contributed by atoms with Crippen molar-refractivity contribution < 1.29 is 0 Å². The Kier molecular flexibility index (Phi) is 4.77. The van der Waals surface area contributed by atoms with E-state index < -0.39 is 0 Å². The van der Waals surface area contributed by atoms with E-state index in [0.29, 0.717) is 5.69 Å². The highest BCUT2D eigenvalue weighted by Crippen LogP contribution is 2.23. The van der Waals surface area contributed by atoms with Gasteiger partial charge >= 0.3 is 5.69 Å². The molecule has 0 bridgehead atoms. The summed E-state index contributed by atoms with van der Waals surface area (Å²) in [6.07, 6.45) is 0. The molecule has 4 rings (SSSR count). The van der Waals surface area contributed by atoms with Gasteiger partial charge in [-0.15, -0.1) is 0 Å². The average Bonchev–Trinajstić information content (AvgIpc) is 2.75. The Morgan fingerprint density at radius 1 is 0.679 bits per heavy atom. The second-order valence-electron chi connectivity index (χ2n) is 6.72. The number of benzene rings is 3. The zero-order chi connectivity index (χ0) is 19.5. The van der Waals surface area contributed by atoms with Crippen molar-refractivity contribution >= 4 is 0 Å².